The van der Waals surface area contributed by atoms with Crippen LogP contribution in [-0.2, 0) is 0 Å². The predicted molar refractivity (Wildman–Crippen MR) is 70.2 cm³/mol. The Balaban J connectivity index is 2.34. The van der Waals surface area contributed by atoms with Crippen LogP contribution in [0.4, 0.5) is 25.8 Å². The Hall–Kier alpha value is -1.81. The molecule has 0 fully saturated rings. The molecule has 0 saturated carbocycles. The van der Waals surface area contributed by atoms with Gasteiger partial charge in [0, 0.05) is 5.69 Å². The molecule has 2 nitrogen and oxygen atoms in total. The van der Waals surface area contributed by atoms with Crippen molar-refractivity contribution in [3.63, 3.8) is 0 Å². The maximum Gasteiger partial charge on any atom is 0.143 e. The molecule has 0 amide bonds. The molecule has 0 saturated heterocycles. The second-order valence-electron chi connectivity index (χ2n) is 3.94. The summed E-state index contributed by atoms with van der Waals surface area (Å²) in [5, 5.41) is 2.96. The summed E-state index contributed by atoms with van der Waals surface area (Å²) in [6.07, 6.45) is 0. The van der Waals surface area contributed by atoms with Crippen molar-refractivity contribution in [3.8, 4) is 0 Å². The van der Waals surface area contributed by atoms with Crippen LogP contribution in [0.5, 0.6) is 0 Å². The van der Waals surface area contributed by atoms with E-state index in [1.165, 1.54) is 18.2 Å². The Morgan fingerprint density at radius 1 is 1.11 bits per heavy atom. The first-order chi connectivity index (χ1) is 8.47. The van der Waals surface area contributed by atoms with Crippen LogP contribution >= 0.6 is 11.6 Å². The smallest absolute Gasteiger partial charge is 0.143 e. The minimum Gasteiger partial charge on any atom is -0.397 e. The molecule has 0 atom stereocenters. The lowest BCUT2D eigenvalue weighted by atomic mass is 10.1. The molecule has 0 aliphatic carbocycles. The van der Waals surface area contributed by atoms with Gasteiger partial charge in [-0.25, -0.2) is 8.78 Å². The summed E-state index contributed by atoms with van der Waals surface area (Å²) >= 11 is 5.58. The van der Waals surface area contributed by atoms with Gasteiger partial charge in [-0.15, -0.1) is 0 Å². The highest BCUT2D eigenvalue weighted by Gasteiger charge is 2.06. The summed E-state index contributed by atoms with van der Waals surface area (Å²) in [6, 6.07) is 7.09. The van der Waals surface area contributed by atoms with E-state index in [1.54, 1.807) is 19.1 Å². The number of rotatable bonds is 2. The van der Waals surface area contributed by atoms with Crippen LogP contribution < -0.4 is 11.1 Å². The van der Waals surface area contributed by atoms with E-state index >= 15 is 0 Å². The van der Waals surface area contributed by atoms with Gasteiger partial charge >= 0.3 is 0 Å². The van der Waals surface area contributed by atoms with E-state index < -0.39 is 5.82 Å². The molecule has 3 N–H and O–H groups in total. The third kappa shape index (κ3) is 2.54. The quantitative estimate of drug-likeness (QED) is 0.799. The van der Waals surface area contributed by atoms with Gasteiger partial charge in [-0.2, -0.15) is 0 Å². The minimum atomic E-state index is -0.529. The van der Waals surface area contributed by atoms with E-state index in [0.29, 0.717) is 16.9 Å². The number of aryl methyl sites for hydroxylation is 1. The SMILES string of the molecule is Cc1cc(Nc2ccc(Cl)c(F)c2)c(N)cc1F. The first kappa shape index (κ1) is 12.6. The molecular formula is C13H11ClF2N2. The number of halogens is 3. The highest BCUT2D eigenvalue weighted by atomic mass is 35.5. The van der Waals surface area contributed by atoms with Gasteiger partial charge in [-0.3, -0.25) is 0 Å². The molecule has 0 aromatic heterocycles. The largest absolute Gasteiger partial charge is 0.397 e. The van der Waals surface area contributed by atoms with Crippen molar-refractivity contribution in [2.45, 2.75) is 6.92 Å². The Labute approximate surface area is 108 Å². The molecule has 0 aliphatic rings. The third-order valence-corrected chi connectivity index (χ3v) is 2.84. The average molecular weight is 269 g/mol. The summed E-state index contributed by atoms with van der Waals surface area (Å²) in [6.45, 7) is 1.63. The molecule has 94 valence electrons. The molecule has 18 heavy (non-hydrogen) atoms. The molecule has 0 bridgehead atoms. The summed E-state index contributed by atoms with van der Waals surface area (Å²) in [5.41, 5.74) is 7.42. The first-order valence-corrected chi connectivity index (χ1v) is 5.63. The van der Waals surface area contributed by atoms with Crippen molar-refractivity contribution in [1.29, 1.82) is 0 Å². The predicted octanol–water partition coefficient (Wildman–Crippen LogP) is 4.25. The Morgan fingerprint density at radius 3 is 2.50 bits per heavy atom. The fourth-order valence-corrected chi connectivity index (χ4v) is 1.65. The third-order valence-electron chi connectivity index (χ3n) is 2.53. The van der Waals surface area contributed by atoms with Gasteiger partial charge < -0.3 is 11.1 Å². The van der Waals surface area contributed by atoms with E-state index in [0.717, 1.165) is 0 Å². The Bertz CT molecular complexity index is 600. The summed E-state index contributed by atoms with van der Waals surface area (Å²) in [7, 11) is 0. The monoisotopic (exact) mass is 268 g/mol. The van der Waals surface area contributed by atoms with Gasteiger partial charge in [0.25, 0.3) is 0 Å². The van der Waals surface area contributed by atoms with Crippen LogP contribution in [0.1, 0.15) is 5.56 Å². The highest BCUT2D eigenvalue weighted by molar-refractivity contribution is 6.30. The molecule has 0 unspecified atom stereocenters. The van der Waals surface area contributed by atoms with Crippen molar-refractivity contribution in [1.82, 2.24) is 0 Å². The lowest BCUT2D eigenvalue weighted by Crippen LogP contribution is -1.99. The average Bonchev–Trinajstić information content (AvgIpc) is 2.31. The van der Waals surface area contributed by atoms with Crippen LogP contribution in [0.15, 0.2) is 30.3 Å². The zero-order valence-electron chi connectivity index (χ0n) is 9.60. The van der Waals surface area contributed by atoms with E-state index in [2.05, 4.69) is 5.32 Å². The Morgan fingerprint density at radius 2 is 1.83 bits per heavy atom. The molecule has 2 rings (SSSR count). The number of benzene rings is 2. The lowest BCUT2D eigenvalue weighted by molar-refractivity contribution is 0.619. The maximum atomic E-state index is 13.3. The fraction of sp³-hybridized carbons (Fsp3) is 0.0769. The molecule has 0 spiro atoms. The first-order valence-electron chi connectivity index (χ1n) is 5.25. The lowest BCUT2D eigenvalue weighted by Gasteiger charge is -2.11. The minimum absolute atomic E-state index is 0.0452. The van der Waals surface area contributed by atoms with E-state index in [-0.39, 0.29) is 16.5 Å². The molecule has 0 radical (unpaired) electrons. The van der Waals surface area contributed by atoms with Gasteiger partial charge in [0.05, 0.1) is 16.4 Å². The van der Waals surface area contributed by atoms with Gasteiger partial charge in [0.2, 0.25) is 0 Å². The van der Waals surface area contributed by atoms with Crippen LogP contribution in [0.2, 0.25) is 5.02 Å². The summed E-state index contributed by atoms with van der Waals surface area (Å²) in [4.78, 5) is 0. The molecule has 5 heteroatoms. The van der Waals surface area contributed by atoms with E-state index in [4.69, 9.17) is 17.3 Å². The van der Waals surface area contributed by atoms with E-state index in [9.17, 15) is 8.78 Å². The van der Waals surface area contributed by atoms with Crippen LogP contribution in [0.25, 0.3) is 0 Å². The van der Waals surface area contributed by atoms with Crippen LogP contribution in [0.3, 0.4) is 0 Å². The van der Waals surface area contributed by atoms with Crippen molar-refractivity contribution in [2.24, 2.45) is 0 Å². The second-order valence-corrected chi connectivity index (χ2v) is 4.35. The second kappa shape index (κ2) is 4.82. The summed E-state index contributed by atoms with van der Waals surface area (Å²) < 4.78 is 26.5. The zero-order chi connectivity index (χ0) is 13.3. The van der Waals surface area contributed by atoms with Gasteiger partial charge in [-0.05, 0) is 42.8 Å². The molecule has 2 aromatic carbocycles. The number of hydrogen-bond donors (Lipinski definition) is 2. The normalized spacial score (nSPS) is 10.4. The Kier molecular flexibility index (Phi) is 3.39. The van der Waals surface area contributed by atoms with Gasteiger partial charge in [0.1, 0.15) is 11.6 Å². The van der Waals surface area contributed by atoms with Crippen LogP contribution in [-0.4, -0.2) is 0 Å². The van der Waals surface area contributed by atoms with Crippen molar-refractivity contribution in [2.75, 3.05) is 11.1 Å². The van der Waals surface area contributed by atoms with Crippen LogP contribution in [0, 0.1) is 18.6 Å². The van der Waals surface area contributed by atoms with Gasteiger partial charge in [-0.1, -0.05) is 11.6 Å². The molecule has 0 heterocycles. The number of anilines is 3. The fourth-order valence-electron chi connectivity index (χ4n) is 1.53. The van der Waals surface area contributed by atoms with Crippen molar-refractivity contribution >= 4 is 28.7 Å². The van der Waals surface area contributed by atoms with E-state index in [1.807, 2.05) is 0 Å². The zero-order valence-corrected chi connectivity index (χ0v) is 10.4. The number of hydrogen-bond acceptors (Lipinski definition) is 2. The number of nitrogen functional groups attached to an aromatic ring is 1. The molecule has 2 aromatic rings. The van der Waals surface area contributed by atoms with Crippen molar-refractivity contribution in [3.05, 3.63) is 52.6 Å². The topological polar surface area (TPSA) is 38.0 Å². The molecular weight excluding hydrogens is 258 g/mol. The maximum absolute atomic E-state index is 13.3. The number of nitrogens with one attached hydrogen (secondary N) is 1. The van der Waals surface area contributed by atoms with Crippen molar-refractivity contribution < 1.29 is 8.78 Å². The van der Waals surface area contributed by atoms with Gasteiger partial charge in [0.15, 0.2) is 0 Å². The summed E-state index contributed by atoms with van der Waals surface area (Å²) in [5.74, 6) is -0.903. The standard InChI is InChI=1S/C13H11ClF2N2/c1-7-4-13(12(17)6-10(7)15)18-8-2-3-9(14)11(16)5-8/h2-6,18H,17H2,1H3. The molecule has 0 aliphatic heterocycles. The number of nitrogens with two attached hydrogens (primary N) is 1. The highest BCUT2D eigenvalue weighted by Crippen LogP contribution is 2.27.